The predicted molar refractivity (Wildman–Crippen MR) is 67.8 cm³/mol. The fraction of sp³-hybridized carbons (Fsp3) is 0.583. The van der Waals surface area contributed by atoms with Crippen molar-refractivity contribution in [3.8, 4) is 5.88 Å². The van der Waals surface area contributed by atoms with Crippen LogP contribution in [0.3, 0.4) is 0 Å². The number of carboxylic acid groups (broad SMARTS) is 1. The molecule has 0 bridgehead atoms. The first-order chi connectivity index (χ1) is 8.60. The van der Waals surface area contributed by atoms with Gasteiger partial charge in [0.1, 0.15) is 12.1 Å². The molecule has 0 spiro atoms. The monoisotopic (exact) mass is 253 g/mol. The maximum Gasteiger partial charge on any atom is 0.308 e. The zero-order valence-electron chi connectivity index (χ0n) is 10.9. The van der Waals surface area contributed by atoms with Crippen molar-refractivity contribution >= 4 is 11.8 Å². The fourth-order valence-corrected chi connectivity index (χ4v) is 1.52. The maximum absolute atomic E-state index is 10.9. The van der Waals surface area contributed by atoms with E-state index in [2.05, 4.69) is 15.3 Å². The molecular formula is C12H19N3O3. The van der Waals surface area contributed by atoms with Gasteiger partial charge in [-0.25, -0.2) is 9.97 Å². The van der Waals surface area contributed by atoms with E-state index in [1.165, 1.54) is 6.33 Å². The third-order valence-electron chi connectivity index (χ3n) is 2.68. The van der Waals surface area contributed by atoms with Gasteiger partial charge in [0.25, 0.3) is 0 Å². The van der Waals surface area contributed by atoms with Crippen LogP contribution in [0.25, 0.3) is 0 Å². The summed E-state index contributed by atoms with van der Waals surface area (Å²) in [7, 11) is 0. The number of carbonyl (C=O) groups is 1. The van der Waals surface area contributed by atoms with Crippen molar-refractivity contribution in [2.45, 2.75) is 27.2 Å². The topological polar surface area (TPSA) is 84.3 Å². The smallest absolute Gasteiger partial charge is 0.308 e. The van der Waals surface area contributed by atoms with Gasteiger partial charge in [-0.15, -0.1) is 0 Å². The van der Waals surface area contributed by atoms with Crippen LogP contribution >= 0.6 is 0 Å². The maximum atomic E-state index is 10.9. The zero-order chi connectivity index (χ0) is 13.5. The van der Waals surface area contributed by atoms with Crippen molar-refractivity contribution in [2.75, 3.05) is 18.5 Å². The average Bonchev–Trinajstić information content (AvgIpc) is 2.34. The lowest BCUT2D eigenvalue weighted by Gasteiger charge is -2.14. The highest BCUT2D eigenvalue weighted by Crippen LogP contribution is 2.20. The molecule has 0 aliphatic rings. The third-order valence-corrected chi connectivity index (χ3v) is 2.68. The Balaban J connectivity index is 2.72. The van der Waals surface area contributed by atoms with E-state index >= 15 is 0 Å². The second kappa shape index (κ2) is 6.78. The Hall–Kier alpha value is -1.85. The number of nitrogens with one attached hydrogen (secondary N) is 1. The van der Waals surface area contributed by atoms with Gasteiger partial charge >= 0.3 is 5.97 Å². The Kier molecular flexibility index (Phi) is 5.35. The van der Waals surface area contributed by atoms with Gasteiger partial charge in [-0.1, -0.05) is 6.92 Å². The van der Waals surface area contributed by atoms with E-state index in [0.717, 1.165) is 5.56 Å². The molecule has 100 valence electrons. The summed E-state index contributed by atoms with van der Waals surface area (Å²) in [5, 5.41) is 12.0. The molecule has 1 unspecified atom stereocenters. The van der Waals surface area contributed by atoms with Crippen molar-refractivity contribution in [2.24, 2.45) is 5.92 Å². The van der Waals surface area contributed by atoms with Crippen LogP contribution in [0.4, 0.5) is 5.82 Å². The van der Waals surface area contributed by atoms with Crippen LogP contribution in [0, 0.1) is 12.8 Å². The summed E-state index contributed by atoms with van der Waals surface area (Å²) in [5.41, 5.74) is 0.791. The lowest BCUT2D eigenvalue weighted by molar-refractivity contribution is -0.141. The molecule has 0 aliphatic heterocycles. The van der Waals surface area contributed by atoms with E-state index in [4.69, 9.17) is 9.84 Å². The molecule has 1 aromatic heterocycles. The van der Waals surface area contributed by atoms with Crippen molar-refractivity contribution in [1.82, 2.24) is 9.97 Å². The van der Waals surface area contributed by atoms with E-state index in [-0.39, 0.29) is 0 Å². The number of hydrogen-bond donors (Lipinski definition) is 2. The summed E-state index contributed by atoms with van der Waals surface area (Å²) >= 11 is 0. The zero-order valence-corrected chi connectivity index (χ0v) is 10.9. The quantitative estimate of drug-likeness (QED) is 0.769. The van der Waals surface area contributed by atoms with Gasteiger partial charge in [0.2, 0.25) is 5.88 Å². The average molecular weight is 253 g/mol. The lowest BCUT2D eigenvalue weighted by atomic mass is 10.1. The molecule has 0 saturated carbocycles. The van der Waals surface area contributed by atoms with Crippen molar-refractivity contribution in [3.63, 3.8) is 0 Å². The molecule has 0 fully saturated rings. The lowest BCUT2D eigenvalue weighted by Crippen LogP contribution is -2.22. The number of carboxylic acids is 1. The number of hydrogen-bond acceptors (Lipinski definition) is 5. The summed E-state index contributed by atoms with van der Waals surface area (Å²) in [6.45, 7) is 6.44. The molecule has 0 aromatic carbocycles. The third kappa shape index (κ3) is 3.58. The summed E-state index contributed by atoms with van der Waals surface area (Å²) in [6, 6.07) is 0. The molecule has 2 N–H and O–H groups in total. The molecule has 6 heteroatoms. The van der Waals surface area contributed by atoms with Crippen molar-refractivity contribution < 1.29 is 14.6 Å². The summed E-state index contributed by atoms with van der Waals surface area (Å²) in [5.74, 6) is -0.0804. The molecular weight excluding hydrogens is 234 g/mol. The highest BCUT2D eigenvalue weighted by Gasteiger charge is 2.16. The molecule has 0 amide bonds. The number of anilines is 1. The van der Waals surface area contributed by atoms with Crippen LogP contribution in [0.15, 0.2) is 6.33 Å². The molecule has 0 radical (unpaired) electrons. The van der Waals surface area contributed by atoms with Gasteiger partial charge < -0.3 is 15.2 Å². The van der Waals surface area contributed by atoms with Crippen LogP contribution < -0.4 is 10.1 Å². The standard InChI is InChI=1S/C12H19N3O3/c1-4-9(12(16)17)6-13-10-8(3)11(18-5-2)15-7-14-10/h7,9H,4-6H2,1-3H3,(H,16,17)(H,13,14,15). The highest BCUT2D eigenvalue weighted by molar-refractivity contribution is 5.70. The van der Waals surface area contributed by atoms with Crippen LogP contribution in [0.2, 0.25) is 0 Å². The Morgan fingerprint density at radius 1 is 1.50 bits per heavy atom. The number of nitrogens with zero attached hydrogens (tertiary/aromatic N) is 2. The summed E-state index contributed by atoms with van der Waals surface area (Å²) in [4.78, 5) is 19.0. The number of aliphatic carboxylic acids is 1. The molecule has 1 aromatic rings. The minimum Gasteiger partial charge on any atom is -0.481 e. The minimum absolute atomic E-state index is 0.343. The van der Waals surface area contributed by atoms with E-state index in [9.17, 15) is 4.79 Å². The molecule has 0 aliphatic carbocycles. The Bertz CT molecular complexity index is 410. The van der Waals surface area contributed by atoms with Gasteiger partial charge in [0.05, 0.1) is 18.1 Å². The van der Waals surface area contributed by atoms with E-state index in [0.29, 0.717) is 31.3 Å². The van der Waals surface area contributed by atoms with Gasteiger partial charge in [-0.05, 0) is 20.3 Å². The molecule has 0 saturated heterocycles. The van der Waals surface area contributed by atoms with Crippen LogP contribution in [0.5, 0.6) is 5.88 Å². The van der Waals surface area contributed by atoms with Gasteiger partial charge in [0.15, 0.2) is 0 Å². The van der Waals surface area contributed by atoms with Crippen LogP contribution in [-0.2, 0) is 4.79 Å². The highest BCUT2D eigenvalue weighted by atomic mass is 16.5. The fourth-order valence-electron chi connectivity index (χ4n) is 1.52. The van der Waals surface area contributed by atoms with Crippen LogP contribution in [0.1, 0.15) is 25.8 Å². The molecule has 6 nitrogen and oxygen atoms in total. The number of ether oxygens (including phenoxy) is 1. The first-order valence-corrected chi connectivity index (χ1v) is 6.01. The van der Waals surface area contributed by atoms with Crippen LogP contribution in [-0.4, -0.2) is 34.2 Å². The largest absolute Gasteiger partial charge is 0.481 e. The van der Waals surface area contributed by atoms with Crippen molar-refractivity contribution in [3.05, 3.63) is 11.9 Å². The second-order valence-corrected chi connectivity index (χ2v) is 3.91. The second-order valence-electron chi connectivity index (χ2n) is 3.91. The van der Waals surface area contributed by atoms with E-state index in [1.807, 2.05) is 20.8 Å². The van der Waals surface area contributed by atoms with Crippen molar-refractivity contribution in [1.29, 1.82) is 0 Å². The Labute approximate surface area is 106 Å². The molecule has 1 atom stereocenters. The SMILES string of the molecule is CCOc1ncnc(NCC(CC)C(=O)O)c1C. The molecule has 18 heavy (non-hydrogen) atoms. The predicted octanol–water partition coefficient (Wildman–Crippen LogP) is 1.71. The van der Waals surface area contributed by atoms with Gasteiger partial charge in [-0.2, -0.15) is 0 Å². The minimum atomic E-state index is -0.804. The molecule has 1 heterocycles. The van der Waals surface area contributed by atoms with E-state index in [1.54, 1.807) is 0 Å². The van der Waals surface area contributed by atoms with Gasteiger partial charge in [0, 0.05) is 6.54 Å². The van der Waals surface area contributed by atoms with Gasteiger partial charge in [-0.3, -0.25) is 4.79 Å². The summed E-state index contributed by atoms with van der Waals surface area (Å²) < 4.78 is 5.35. The normalized spacial score (nSPS) is 11.9. The first-order valence-electron chi connectivity index (χ1n) is 6.01. The first kappa shape index (κ1) is 14.2. The number of rotatable bonds is 7. The summed E-state index contributed by atoms with van der Waals surface area (Å²) in [6.07, 6.45) is 1.98. The Morgan fingerprint density at radius 2 is 2.22 bits per heavy atom. The Morgan fingerprint density at radius 3 is 2.78 bits per heavy atom. The molecule has 1 rings (SSSR count). The van der Waals surface area contributed by atoms with E-state index < -0.39 is 11.9 Å². The number of aromatic nitrogens is 2.